The Bertz CT molecular complexity index is 1140. The van der Waals surface area contributed by atoms with Crippen LogP contribution in [0.3, 0.4) is 0 Å². The van der Waals surface area contributed by atoms with Crippen molar-refractivity contribution in [2.24, 2.45) is 5.41 Å². The van der Waals surface area contributed by atoms with E-state index in [9.17, 15) is 13.6 Å². The Labute approximate surface area is 226 Å². The molecule has 1 spiro atoms. The number of amides is 1. The van der Waals surface area contributed by atoms with Crippen LogP contribution in [0.25, 0.3) is 0 Å². The summed E-state index contributed by atoms with van der Waals surface area (Å²) in [5.74, 6) is -1.63. The number of aliphatic hydroxyl groups excluding tert-OH is 1. The van der Waals surface area contributed by atoms with Crippen LogP contribution in [0.4, 0.5) is 31.7 Å². The SMILES string of the molecule is COc1ccc(C(=O)Nc2ccc(NSCCO)cc2N2CCC3(CC2)CC3)nc1N1CCC(F)(F)CC1. The summed E-state index contributed by atoms with van der Waals surface area (Å²) in [5.41, 5.74) is 3.25. The van der Waals surface area contributed by atoms with Crippen LogP contribution in [0.15, 0.2) is 30.3 Å². The van der Waals surface area contributed by atoms with Gasteiger partial charge in [-0.2, -0.15) is 0 Å². The van der Waals surface area contributed by atoms with Gasteiger partial charge in [-0.25, -0.2) is 13.8 Å². The average Bonchev–Trinajstić information content (AvgIpc) is 3.68. The van der Waals surface area contributed by atoms with Gasteiger partial charge in [-0.1, -0.05) is 11.9 Å². The number of hydrogen-bond acceptors (Lipinski definition) is 8. The molecule has 2 aromatic rings. The van der Waals surface area contributed by atoms with E-state index in [-0.39, 0.29) is 44.1 Å². The number of nitrogens with zero attached hydrogens (tertiary/aromatic N) is 3. The number of methoxy groups -OCH3 is 1. The first kappa shape index (κ1) is 26.8. The van der Waals surface area contributed by atoms with E-state index in [1.807, 2.05) is 18.2 Å². The standard InChI is InChI=1S/C27H35F2N5O3S/c1-37-23-5-4-21(30-24(23)34-14-10-27(28,29)11-15-34)25(36)31-20-3-2-19(32-38-17-16-35)18-22(20)33-12-8-26(6-7-26)9-13-33/h2-5,18,32,35H,6-17H2,1H3,(H,31,36). The van der Waals surface area contributed by atoms with Crippen LogP contribution >= 0.6 is 11.9 Å². The van der Waals surface area contributed by atoms with Crippen molar-refractivity contribution in [2.45, 2.75) is 44.4 Å². The van der Waals surface area contributed by atoms with Crippen molar-refractivity contribution in [2.75, 3.05) is 65.5 Å². The maximum Gasteiger partial charge on any atom is 0.274 e. The second kappa shape index (κ2) is 11.1. The molecule has 1 aromatic carbocycles. The Morgan fingerprint density at radius 1 is 1.05 bits per heavy atom. The van der Waals surface area contributed by atoms with Gasteiger partial charge in [0.05, 0.1) is 25.1 Å². The molecule has 5 rings (SSSR count). The number of pyridine rings is 1. The predicted octanol–water partition coefficient (Wildman–Crippen LogP) is 5.01. The first-order valence-electron chi connectivity index (χ1n) is 13.2. The Kier molecular flexibility index (Phi) is 7.85. The molecule has 2 saturated heterocycles. The highest BCUT2D eigenvalue weighted by Gasteiger charge is 2.44. The number of alkyl halides is 2. The van der Waals surface area contributed by atoms with Gasteiger partial charge in [-0.15, -0.1) is 0 Å². The lowest BCUT2D eigenvalue weighted by atomic mass is 9.93. The number of nitrogens with one attached hydrogen (secondary N) is 2. The van der Waals surface area contributed by atoms with Gasteiger partial charge in [-0.05, 0) is 61.4 Å². The van der Waals surface area contributed by atoms with Crippen LogP contribution < -0.4 is 24.6 Å². The molecule has 3 heterocycles. The molecule has 11 heteroatoms. The Morgan fingerprint density at radius 3 is 2.42 bits per heavy atom. The van der Waals surface area contributed by atoms with E-state index in [0.717, 1.165) is 37.3 Å². The van der Waals surface area contributed by atoms with Gasteiger partial charge in [0.15, 0.2) is 11.6 Å². The summed E-state index contributed by atoms with van der Waals surface area (Å²) >= 11 is 1.43. The van der Waals surface area contributed by atoms with Gasteiger partial charge in [0, 0.05) is 50.5 Å². The second-order valence-electron chi connectivity index (χ2n) is 10.4. The molecule has 8 nitrogen and oxygen atoms in total. The number of hydrogen-bond donors (Lipinski definition) is 3. The topological polar surface area (TPSA) is 90.0 Å². The van der Waals surface area contributed by atoms with Gasteiger partial charge in [0.1, 0.15) is 5.69 Å². The largest absolute Gasteiger partial charge is 0.493 e. The quantitative estimate of drug-likeness (QED) is 0.298. The van der Waals surface area contributed by atoms with E-state index < -0.39 is 5.92 Å². The molecule has 1 saturated carbocycles. The number of carbonyl (C=O) groups is 1. The van der Waals surface area contributed by atoms with Gasteiger partial charge in [-0.3, -0.25) is 4.79 Å². The van der Waals surface area contributed by atoms with Crippen molar-refractivity contribution < 1.29 is 23.4 Å². The molecular formula is C27H35F2N5O3S. The normalized spacial score (nSPS) is 19.8. The zero-order valence-electron chi connectivity index (χ0n) is 21.6. The number of anilines is 4. The molecule has 38 heavy (non-hydrogen) atoms. The van der Waals surface area contributed by atoms with Crippen molar-refractivity contribution in [1.29, 1.82) is 0 Å². The minimum Gasteiger partial charge on any atom is -0.493 e. The number of rotatable bonds is 9. The van der Waals surface area contributed by atoms with E-state index in [2.05, 4.69) is 19.9 Å². The summed E-state index contributed by atoms with van der Waals surface area (Å²) in [7, 11) is 1.50. The summed E-state index contributed by atoms with van der Waals surface area (Å²) < 4.78 is 36.1. The molecule has 0 unspecified atom stereocenters. The number of ether oxygens (including phenoxy) is 1. The minimum absolute atomic E-state index is 0.0869. The molecule has 3 N–H and O–H groups in total. The van der Waals surface area contributed by atoms with Crippen molar-refractivity contribution in [3.63, 3.8) is 0 Å². The zero-order chi connectivity index (χ0) is 26.8. The maximum absolute atomic E-state index is 13.7. The molecule has 206 valence electrons. The van der Waals surface area contributed by atoms with E-state index >= 15 is 0 Å². The third-order valence-electron chi connectivity index (χ3n) is 7.84. The fourth-order valence-electron chi connectivity index (χ4n) is 5.22. The lowest BCUT2D eigenvalue weighted by Crippen LogP contribution is -2.40. The fraction of sp³-hybridized carbons (Fsp3) is 0.556. The summed E-state index contributed by atoms with van der Waals surface area (Å²) in [5, 5.41) is 12.1. The predicted molar refractivity (Wildman–Crippen MR) is 148 cm³/mol. The Balaban J connectivity index is 1.36. The first-order chi connectivity index (χ1) is 18.3. The van der Waals surface area contributed by atoms with Gasteiger partial charge in [0.2, 0.25) is 0 Å². The van der Waals surface area contributed by atoms with Gasteiger partial charge in [0.25, 0.3) is 11.8 Å². The summed E-state index contributed by atoms with van der Waals surface area (Å²) in [6, 6.07) is 9.07. The molecule has 3 fully saturated rings. The van der Waals surface area contributed by atoms with Crippen molar-refractivity contribution in [3.05, 3.63) is 36.0 Å². The summed E-state index contributed by atoms with van der Waals surface area (Å²) in [6.07, 6.45) is 4.40. The van der Waals surface area contributed by atoms with Crippen molar-refractivity contribution >= 4 is 40.7 Å². The zero-order valence-corrected chi connectivity index (χ0v) is 22.5. The van der Waals surface area contributed by atoms with E-state index in [0.29, 0.717) is 28.4 Å². The van der Waals surface area contributed by atoms with E-state index in [1.165, 1.54) is 31.9 Å². The minimum atomic E-state index is -2.68. The van der Waals surface area contributed by atoms with Crippen molar-refractivity contribution in [3.8, 4) is 5.75 Å². The number of aliphatic hydroxyl groups is 1. The molecule has 0 radical (unpaired) electrons. The van der Waals surface area contributed by atoms with Crippen LogP contribution in [0.1, 0.15) is 49.0 Å². The number of carbonyl (C=O) groups excluding carboxylic acids is 1. The molecule has 0 atom stereocenters. The lowest BCUT2D eigenvalue weighted by Gasteiger charge is -2.35. The molecule has 1 aromatic heterocycles. The molecule has 1 amide bonds. The fourth-order valence-corrected chi connectivity index (χ4v) is 5.71. The number of halogens is 2. The van der Waals surface area contributed by atoms with E-state index in [1.54, 1.807) is 17.0 Å². The molecule has 2 aliphatic heterocycles. The molecule has 0 bridgehead atoms. The van der Waals surface area contributed by atoms with Crippen LogP contribution in [0.5, 0.6) is 5.75 Å². The number of piperidine rings is 2. The van der Waals surface area contributed by atoms with E-state index in [4.69, 9.17) is 9.84 Å². The van der Waals surface area contributed by atoms with Crippen LogP contribution in [0, 0.1) is 5.41 Å². The Morgan fingerprint density at radius 2 is 1.76 bits per heavy atom. The lowest BCUT2D eigenvalue weighted by molar-refractivity contribution is -0.0222. The van der Waals surface area contributed by atoms with Crippen LogP contribution in [-0.2, 0) is 0 Å². The summed E-state index contributed by atoms with van der Waals surface area (Å²) in [4.78, 5) is 22.0. The number of benzene rings is 1. The highest BCUT2D eigenvalue weighted by atomic mass is 32.2. The number of aromatic nitrogens is 1. The molecule has 1 aliphatic carbocycles. The molecular weight excluding hydrogens is 512 g/mol. The van der Waals surface area contributed by atoms with Crippen molar-refractivity contribution in [1.82, 2.24) is 4.98 Å². The summed E-state index contributed by atoms with van der Waals surface area (Å²) in [6.45, 7) is 2.24. The monoisotopic (exact) mass is 547 g/mol. The average molecular weight is 548 g/mol. The highest BCUT2D eigenvalue weighted by molar-refractivity contribution is 8.00. The van der Waals surface area contributed by atoms with Gasteiger partial charge < -0.3 is 29.7 Å². The third kappa shape index (κ3) is 6.09. The molecule has 3 aliphatic rings. The first-order valence-corrected chi connectivity index (χ1v) is 14.2. The highest BCUT2D eigenvalue weighted by Crippen LogP contribution is 2.54. The Hall–Kier alpha value is -2.79. The van der Waals surface area contributed by atoms with Crippen LogP contribution in [0.2, 0.25) is 0 Å². The van der Waals surface area contributed by atoms with Crippen LogP contribution in [-0.4, -0.2) is 67.6 Å². The third-order valence-corrected chi connectivity index (χ3v) is 8.60. The van der Waals surface area contributed by atoms with Gasteiger partial charge >= 0.3 is 0 Å². The maximum atomic E-state index is 13.7. The smallest absolute Gasteiger partial charge is 0.274 e. The second-order valence-corrected chi connectivity index (χ2v) is 11.3.